The van der Waals surface area contributed by atoms with E-state index in [4.69, 9.17) is 0 Å². The highest BCUT2D eigenvalue weighted by Gasteiger charge is 2.04. The standard InChI is InChI=1S/C13H17N3O2/c1-9-11(8-16(2)15-9)7-14-6-10-3-4-12(17)5-13(10)18/h3-5,8,14,17-18H,6-7H2,1-2H3. The maximum Gasteiger partial charge on any atom is 0.123 e. The summed E-state index contributed by atoms with van der Waals surface area (Å²) in [5.41, 5.74) is 2.89. The third kappa shape index (κ3) is 2.81. The third-order valence-corrected chi connectivity index (χ3v) is 2.81. The first kappa shape index (κ1) is 12.4. The molecule has 0 amide bonds. The Balaban J connectivity index is 1.94. The molecular weight excluding hydrogens is 230 g/mol. The van der Waals surface area contributed by atoms with Crippen LogP contribution in [0.15, 0.2) is 24.4 Å². The lowest BCUT2D eigenvalue weighted by Crippen LogP contribution is -2.13. The number of hydrogen-bond donors (Lipinski definition) is 3. The van der Waals surface area contributed by atoms with Crippen molar-refractivity contribution >= 4 is 0 Å². The van der Waals surface area contributed by atoms with Crippen molar-refractivity contribution in [2.24, 2.45) is 7.05 Å². The van der Waals surface area contributed by atoms with Gasteiger partial charge in [0, 0.05) is 43.5 Å². The lowest BCUT2D eigenvalue weighted by atomic mass is 10.2. The molecule has 2 aromatic rings. The van der Waals surface area contributed by atoms with Gasteiger partial charge in [-0.1, -0.05) is 6.07 Å². The molecule has 0 aliphatic heterocycles. The second kappa shape index (κ2) is 5.10. The number of phenols is 2. The van der Waals surface area contributed by atoms with E-state index in [2.05, 4.69) is 10.4 Å². The molecule has 0 radical (unpaired) electrons. The van der Waals surface area contributed by atoms with Gasteiger partial charge in [-0.3, -0.25) is 4.68 Å². The molecule has 0 bridgehead atoms. The number of nitrogens with zero attached hydrogens (tertiary/aromatic N) is 2. The molecule has 0 aliphatic carbocycles. The largest absolute Gasteiger partial charge is 0.508 e. The van der Waals surface area contributed by atoms with Crippen molar-refractivity contribution < 1.29 is 10.2 Å². The molecular formula is C13H17N3O2. The van der Waals surface area contributed by atoms with Crippen molar-refractivity contribution in [3.63, 3.8) is 0 Å². The van der Waals surface area contributed by atoms with Crippen molar-refractivity contribution in [1.82, 2.24) is 15.1 Å². The van der Waals surface area contributed by atoms with E-state index in [1.54, 1.807) is 16.8 Å². The molecule has 0 saturated carbocycles. The lowest BCUT2D eigenvalue weighted by Gasteiger charge is -2.06. The van der Waals surface area contributed by atoms with Gasteiger partial charge in [0.2, 0.25) is 0 Å². The van der Waals surface area contributed by atoms with Crippen molar-refractivity contribution in [1.29, 1.82) is 0 Å². The number of rotatable bonds is 4. The number of aromatic hydroxyl groups is 2. The summed E-state index contributed by atoms with van der Waals surface area (Å²) in [5.74, 6) is 0.171. The molecule has 2 rings (SSSR count). The summed E-state index contributed by atoms with van der Waals surface area (Å²) in [5, 5.41) is 26.3. The molecule has 0 atom stereocenters. The zero-order valence-corrected chi connectivity index (χ0v) is 10.5. The minimum Gasteiger partial charge on any atom is -0.508 e. The Morgan fingerprint density at radius 2 is 1.94 bits per heavy atom. The highest BCUT2D eigenvalue weighted by atomic mass is 16.3. The summed E-state index contributed by atoms with van der Waals surface area (Å²) in [6.45, 7) is 3.20. The molecule has 5 heteroatoms. The minimum atomic E-state index is 0.0688. The maximum absolute atomic E-state index is 9.63. The molecule has 1 aromatic carbocycles. The molecule has 3 N–H and O–H groups in total. The van der Waals surface area contributed by atoms with Crippen LogP contribution in [-0.2, 0) is 20.1 Å². The van der Waals surface area contributed by atoms with E-state index in [1.165, 1.54) is 6.07 Å². The molecule has 96 valence electrons. The highest BCUT2D eigenvalue weighted by Crippen LogP contribution is 2.22. The lowest BCUT2D eigenvalue weighted by molar-refractivity contribution is 0.443. The van der Waals surface area contributed by atoms with Crippen molar-refractivity contribution in [2.45, 2.75) is 20.0 Å². The van der Waals surface area contributed by atoms with Gasteiger partial charge in [0.25, 0.3) is 0 Å². The number of aryl methyl sites for hydroxylation is 2. The normalized spacial score (nSPS) is 10.8. The Kier molecular flexibility index (Phi) is 3.53. The predicted molar refractivity (Wildman–Crippen MR) is 68.3 cm³/mol. The first-order chi connectivity index (χ1) is 8.56. The van der Waals surface area contributed by atoms with Crippen molar-refractivity contribution in [3.8, 4) is 11.5 Å². The van der Waals surface area contributed by atoms with Crippen LogP contribution in [0.4, 0.5) is 0 Å². The fraction of sp³-hybridized carbons (Fsp3) is 0.308. The van der Waals surface area contributed by atoms with Crippen LogP contribution in [0.1, 0.15) is 16.8 Å². The van der Waals surface area contributed by atoms with Crippen LogP contribution >= 0.6 is 0 Å². The van der Waals surface area contributed by atoms with Gasteiger partial charge in [-0.15, -0.1) is 0 Å². The zero-order valence-electron chi connectivity index (χ0n) is 10.5. The topological polar surface area (TPSA) is 70.3 Å². The molecule has 0 unspecified atom stereocenters. The van der Waals surface area contributed by atoms with E-state index in [1.807, 2.05) is 20.2 Å². The van der Waals surface area contributed by atoms with Crippen molar-refractivity contribution in [3.05, 3.63) is 41.2 Å². The van der Waals surface area contributed by atoms with E-state index in [0.717, 1.165) is 16.8 Å². The molecule has 5 nitrogen and oxygen atoms in total. The first-order valence-electron chi connectivity index (χ1n) is 5.77. The van der Waals surface area contributed by atoms with E-state index < -0.39 is 0 Å². The van der Waals surface area contributed by atoms with E-state index >= 15 is 0 Å². The SMILES string of the molecule is Cc1nn(C)cc1CNCc1ccc(O)cc1O. The molecule has 18 heavy (non-hydrogen) atoms. The molecule has 1 aromatic heterocycles. The Labute approximate surface area is 106 Å². The number of hydrogen-bond acceptors (Lipinski definition) is 4. The molecule has 1 heterocycles. The quantitative estimate of drug-likeness (QED) is 0.764. The fourth-order valence-corrected chi connectivity index (χ4v) is 1.86. The van der Waals surface area contributed by atoms with Crippen LogP contribution in [0.5, 0.6) is 11.5 Å². The summed E-state index contributed by atoms with van der Waals surface area (Å²) in [6.07, 6.45) is 1.97. The number of nitrogens with one attached hydrogen (secondary N) is 1. The van der Waals surface area contributed by atoms with Gasteiger partial charge in [-0.25, -0.2) is 0 Å². The summed E-state index contributed by atoms with van der Waals surface area (Å²) in [4.78, 5) is 0. The van der Waals surface area contributed by atoms with Gasteiger partial charge in [0.1, 0.15) is 11.5 Å². The molecule has 0 spiro atoms. The zero-order chi connectivity index (χ0) is 13.1. The smallest absolute Gasteiger partial charge is 0.123 e. The highest BCUT2D eigenvalue weighted by molar-refractivity contribution is 5.38. The van der Waals surface area contributed by atoms with Crippen LogP contribution < -0.4 is 5.32 Å². The molecule has 0 saturated heterocycles. The van der Waals surface area contributed by atoms with Crippen LogP contribution in [0.2, 0.25) is 0 Å². The Morgan fingerprint density at radius 3 is 2.56 bits per heavy atom. The van der Waals surface area contributed by atoms with E-state index in [9.17, 15) is 10.2 Å². The van der Waals surface area contributed by atoms with Gasteiger partial charge in [0.15, 0.2) is 0 Å². The summed E-state index contributed by atoms with van der Waals surface area (Å²) < 4.78 is 1.78. The third-order valence-electron chi connectivity index (χ3n) is 2.81. The predicted octanol–water partition coefficient (Wildman–Crippen LogP) is 1.43. The Hall–Kier alpha value is -2.01. The summed E-state index contributed by atoms with van der Waals surface area (Å²) >= 11 is 0. The first-order valence-corrected chi connectivity index (χ1v) is 5.77. The number of aromatic nitrogens is 2. The summed E-state index contributed by atoms with van der Waals surface area (Å²) in [7, 11) is 1.89. The fourth-order valence-electron chi connectivity index (χ4n) is 1.86. The average molecular weight is 247 g/mol. The molecule has 0 fully saturated rings. The van der Waals surface area contributed by atoms with Gasteiger partial charge in [0.05, 0.1) is 5.69 Å². The second-order valence-corrected chi connectivity index (χ2v) is 4.33. The van der Waals surface area contributed by atoms with Crippen molar-refractivity contribution in [2.75, 3.05) is 0 Å². The Bertz CT molecular complexity index is 549. The van der Waals surface area contributed by atoms with Crippen LogP contribution in [0.25, 0.3) is 0 Å². The van der Waals surface area contributed by atoms with Crippen LogP contribution in [-0.4, -0.2) is 20.0 Å². The van der Waals surface area contributed by atoms with Gasteiger partial charge in [-0.2, -0.15) is 5.10 Å². The molecule has 0 aliphatic rings. The second-order valence-electron chi connectivity index (χ2n) is 4.33. The monoisotopic (exact) mass is 247 g/mol. The average Bonchev–Trinajstić information content (AvgIpc) is 2.61. The minimum absolute atomic E-state index is 0.0688. The Morgan fingerprint density at radius 1 is 1.22 bits per heavy atom. The van der Waals surface area contributed by atoms with Gasteiger partial charge >= 0.3 is 0 Å². The van der Waals surface area contributed by atoms with Crippen LogP contribution in [0, 0.1) is 6.92 Å². The number of phenolic OH excluding ortho intramolecular Hbond substituents is 2. The number of benzene rings is 1. The van der Waals surface area contributed by atoms with E-state index in [-0.39, 0.29) is 11.5 Å². The summed E-state index contributed by atoms with van der Waals surface area (Å²) in [6, 6.07) is 4.60. The van der Waals surface area contributed by atoms with Gasteiger partial charge in [-0.05, 0) is 13.0 Å². The maximum atomic E-state index is 9.63. The van der Waals surface area contributed by atoms with E-state index in [0.29, 0.717) is 13.1 Å². The van der Waals surface area contributed by atoms with Gasteiger partial charge < -0.3 is 15.5 Å². The van der Waals surface area contributed by atoms with Crippen LogP contribution in [0.3, 0.4) is 0 Å².